The van der Waals surface area contributed by atoms with E-state index in [1.807, 2.05) is 13.2 Å². The lowest BCUT2D eigenvalue weighted by molar-refractivity contribution is 0.422. The Bertz CT molecular complexity index is 576. The van der Waals surface area contributed by atoms with Crippen molar-refractivity contribution in [3.05, 3.63) is 59.0 Å². The van der Waals surface area contributed by atoms with Crippen LogP contribution in [0.4, 0.5) is 0 Å². The molecule has 0 fully saturated rings. The smallest absolute Gasteiger partial charge is 0.101 e. The number of fused-ring (bicyclic) bond motifs is 1. The zero-order valence-corrected chi connectivity index (χ0v) is 11.9. The fraction of sp³-hybridized carbons (Fsp3) is 0.412. The van der Waals surface area contributed by atoms with Crippen LogP contribution in [0.1, 0.15) is 53.7 Å². The van der Waals surface area contributed by atoms with Gasteiger partial charge in [-0.15, -0.1) is 0 Å². The first-order valence-corrected chi connectivity index (χ1v) is 7.37. The molecule has 1 aromatic heterocycles. The Balaban J connectivity index is 1.80. The Morgan fingerprint density at radius 1 is 1.40 bits per heavy atom. The largest absolute Gasteiger partial charge is 0.469 e. The number of nitrogens with one attached hydrogen (secondary N) is 1. The van der Waals surface area contributed by atoms with E-state index in [4.69, 9.17) is 10.3 Å². The van der Waals surface area contributed by atoms with Gasteiger partial charge in [-0.2, -0.15) is 0 Å². The zero-order valence-electron chi connectivity index (χ0n) is 11.9. The van der Waals surface area contributed by atoms with Gasteiger partial charge in [0.25, 0.3) is 0 Å². The summed E-state index contributed by atoms with van der Waals surface area (Å²) in [6.45, 7) is 1.97. The third-order valence-electron chi connectivity index (χ3n) is 4.37. The number of benzene rings is 1. The molecule has 3 N–H and O–H groups in total. The number of furan rings is 1. The first-order valence-electron chi connectivity index (χ1n) is 7.37. The van der Waals surface area contributed by atoms with Crippen LogP contribution in [-0.2, 0) is 6.42 Å². The van der Waals surface area contributed by atoms with Gasteiger partial charge in [0, 0.05) is 11.6 Å². The summed E-state index contributed by atoms with van der Waals surface area (Å²) in [5.74, 6) is 7.27. The van der Waals surface area contributed by atoms with Crippen LogP contribution in [0.25, 0.3) is 0 Å². The van der Waals surface area contributed by atoms with Crippen LogP contribution in [-0.4, -0.2) is 0 Å². The van der Waals surface area contributed by atoms with Gasteiger partial charge in [-0.3, -0.25) is 11.3 Å². The van der Waals surface area contributed by atoms with Crippen molar-refractivity contribution in [2.45, 2.75) is 44.6 Å². The van der Waals surface area contributed by atoms with Crippen molar-refractivity contribution >= 4 is 0 Å². The van der Waals surface area contributed by atoms with Crippen molar-refractivity contribution in [2.24, 2.45) is 5.84 Å². The fourth-order valence-electron chi connectivity index (χ4n) is 3.33. The third-order valence-corrected chi connectivity index (χ3v) is 4.37. The molecule has 0 saturated carbocycles. The summed E-state index contributed by atoms with van der Waals surface area (Å²) in [4.78, 5) is 0. The Kier molecular flexibility index (Phi) is 3.90. The number of nitrogens with two attached hydrogens (primary N) is 1. The van der Waals surface area contributed by atoms with Crippen LogP contribution in [0.5, 0.6) is 0 Å². The normalized spacial score (nSPS) is 19.6. The molecule has 106 valence electrons. The van der Waals surface area contributed by atoms with E-state index in [0.29, 0.717) is 5.92 Å². The van der Waals surface area contributed by atoms with E-state index in [-0.39, 0.29) is 6.04 Å². The summed E-state index contributed by atoms with van der Waals surface area (Å²) in [5.41, 5.74) is 7.10. The molecular weight excluding hydrogens is 248 g/mol. The minimum atomic E-state index is 0.156. The van der Waals surface area contributed by atoms with E-state index >= 15 is 0 Å². The fourth-order valence-corrected chi connectivity index (χ4v) is 3.33. The molecule has 0 amide bonds. The second kappa shape index (κ2) is 5.81. The molecule has 3 rings (SSSR count). The van der Waals surface area contributed by atoms with Crippen molar-refractivity contribution in [1.29, 1.82) is 0 Å². The SMILES string of the molecule is Cc1cc(C(CC2CCCc3ccccc32)NN)co1. The summed E-state index contributed by atoms with van der Waals surface area (Å²) in [7, 11) is 0. The van der Waals surface area contributed by atoms with Gasteiger partial charge >= 0.3 is 0 Å². The molecule has 1 aliphatic rings. The molecule has 0 radical (unpaired) electrons. The maximum absolute atomic E-state index is 5.76. The Hall–Kier alpha value is -1.58. The van der Waals surface area contributed by atoms with Crippen LogP contribution in [0.15, 0.2) is 41.0 Å². The summed E-state index contributed by atoms with van der Waals surface area (Å²) in [6, 6.07) is 11.0. The molecule has 3 heteroatoms. The molecule has 2 aromatic rings. The molecule has 1 aromatic carbocycles. The Morgan fingerprint density at radius 3 is 3.00 bits per heavy atom. The van der Waals surface area contributed by atoms with Crippen LogP contribution in [0.3, 0.4) is 0 Å². The number of rotatable bonds is 4. The number of aryl methyl sites for hydroxylation is 2. The first kappa shape index (κ1) is 13.4. The molecule has 20 heavy (non-hydrogen) atoms. The monoisotopic (exact) mass is 270 g/mol. The van der Waals surface area contributed by atoms with E-state index in [1.54, 1.807) is 0 Å². The molecule has 0 spiro atoms. The van der Waals surface area contributed by atoms with Gasteiger partial charge < -0.3 is 4.42 Å². The van der Waals surface area contributed by atoms with Crippen molar-refractivity contribution in [2.75, 3.05) is 0 Å². The highest BCUT2D eigenvalue weighted by Gasteiger charge is 2.24. The molecule has 2 unspecified atom stereocenters. The predicted molar refractivity (Wildman–Crippen MR) is 80.2 cm³/mol. The van der Waals surface area contributed by atoms with Gasteiger partial charge in [-0.25, -0.2) is 0 Å². The highest BCUT2D eigenvalue weighted by atomic mass is 16.3. The van der Waals surface area contributed by atoms with E-state index < -0.39 is 0 Å². The standard InChI is InChI=1S/C17H22N2O/c1-12-9-15(11-20-12)17(19-18)10-14-7-4-6-13-5-2-3-8-16(13)14/h2-3,5,8-9,11,14,17,19H,4,6-7,10,18H2,1H3. The molecule has 3 nitrogen and oxygen atoms in total. The maximum Gasteiger partial charge on any atom is 0.101 e. The molecular formula is C17H22N2O. The summed E-state index contributed by atoms with van der Waals surface area (Å²) < 4.78 is 5.41. The van der Waals surface area contributed by atoms with Gasteiger partial charge in [-0.05, 0) is 55.7 Å². The highest BCUT2D eigenvalue weighted by molar-refractivity contribution is 5.33. The number of hydrogen-bond donors (Lipinski definition) is 2. The average molecular weight is 270 g/mol. The number of hydrogen-bond acceptors (Lipinski definition) is 3. The lowest BCUT2D eigenvalue weighted by atomic mass is 9.79. The van der Waals surface area contributed by atoms with Crippen molar-refractivity contribution < 1.29 is 4.42 Å². The minimum Gasteiger partial charge on any atom is -0.469 e. The minimum absolute atomic E-state index is 0.156. The molecule has 1 heterocycles. The Labute approximate surface area is 120 Å². The van der Waals surface area contributed by atoms with Crippen LogP contribution >= 0.6 is 0 Å². The zero-order chi connectivity index (χ0) is 13.9. The van der Waals surface area contributed by atoms with E-state index in [9.17, 15) is 0 Å². The number of hydrazine groups is 1. The molecule has 0 saturated heterocycles. The van der Waals surface area contributed by atoms with Gasteiger partial charge in [0.15, 0.2) is 0 Å². The molecule has 2 atom stereocenters. The van der Waals surface area contributed by atoms with Crippen LogP contribution in [0.2, 0.25) is 0 Å². The maximum atomic E-state index is 5.76. The summed E-state index contributed by atoms with van der Waals surface area (Å²) in [5, 5.41) is 0. The quantitative estimate of drug-likeness (QED) is 0.659. The predicted octanol–water partition coefficient (Wildman–Crippen LogP) is 3.60. The summed E-state index contributed by atoms with van der Waals surface area (Å²) in [6.07, 6.45) is 6.55. The third kappa shape index (κ3) is 2.65. The van der Waals surface area contributed by atoms with Crippen molar-refractivity contribution in [1.82, 2.24) is 5.43 Å². The van der Waals surface area contributed by atoms with Gasteiger partial charge in [0.05, 0.1) is 6.26 Å². The van der Waals surface area contributed by atoms with Gasteiger partial charge in [0.2, 0.25) is 0 Å². The summed E-state index contributed by atoms with van der Waals surface area (Å²) >= 11 is 0. The average Bonchev–Trinajstić information content (AvgIpc) is 2.91. The second-order valence-corrected chi connectivity index (χ2v) is 5.73. The highest BCUT2D eigenvalue weighted by Crippen LogP contribution is 2.37. The van der Waals surface area contributed by atoms with E-state index in [2.05, 4.69) is 35.8 Å². The van der Waals surface area contributed by atoms with E-state index in [1.165, 1.54) is 30.4 Å². The lowest BCUT2D eigenvalue weighted by Gasteiger charge is -2.28. The van der Waals surface area contributed by atoms with Gasteiger partial charge in [0.1, 0.15) is 5.76 Å². The van der Waals surface area contributed by atoms with Crippen molar-refractivity contribution in [3.63, 3.8) is 0 Å². The molecule has 1 aliphatic carbocycles. The second-order valence-electron chi connectivity index (χ2n) is 5.73. The van der Waals surface area contributed by atoms with Crippen LogP contribution < -0.4 is 11.3 Å². The van der Waals surface area contributed by atoms with Crippen LogP contribution in [0, 0.1) is 6.92 Å². The van der Waals surface area contributed by atoms with E-state index in [0.717, 1.165) is 17.7 Å². The lowest BCUT2D eigenvalue weighted by Crippen LogP contribution is -2.29. The van der Waals surface area contributed by atoms with Crippen molar-refractivity contribution in [3.8, 4) is 0 Å². The van der Waals surface area contributed by atoms with Gasteiger partial charge in [-0.1, -0.05) is 24.3 Å². The molecule has 0 bridgehead atoms. The topological polar surface area (TPSA) is 51.2 Å². The Morgan fingerprint density at radius 2 is 2.25 bits per heavy atom. The molecule has 0 aliphatic heterocycles. The first-order chi connectivity index (χ1) is 9.78.